The normalized spacial score (nSPS) is 11.5. The van der Waals surface area contributed by atoms with Crippen LogP contribution in [0.15, 0.2) is 35.2 Å². The van der Waals surface area contributed by atoms with Gasteiger partial charge in [0.15, 0.2) is 5.58 Å². The first-order chi connectivity index (χ1) is 6.90. The molecule has 0 spiro atoms. The van der Waals surface area contributed by atoms with Crippen LogP contribution in [-0.4, -0.2) is 14.7 Å². The highest BCUT2D eigenvalue weighted by Crippen LogP contribution is 2.23. The fraction of sp³-hybridized carbons (Fsp3) is 0.100. The van der Waals surface area contributed by atoms with Crippen molar-refractivity contribution in [1.82, 2.24) is 9.61 Å². The molecule has 14 heavy (non-hydrogen) atoms. The second-order valence-electron chi connectivity index (χ2n) is 3.14. The Kier molecular flexibility index (Phi) is 1.40. The van der Waals surface area contributed by atoms with Crippen molar-refractivity contribution < 1.29 is 9.52 Å². The average Bonchev–Trinajstić information content (AvgIpc) is 2.82. The summed E-state index contributed by atoms with van der Waals surface area (Å²) in [6.07, 6.45) is 5.14. The van der Waals surface area contributed by atoms with Gasteiger partial charge in [-0.2, -0.15) is 5.10 Å². The van der Waals surface area contributed by atoms with Crippen LogP contribution in [0.25, 0.3) is 16.5 Å². The third-order valence-electron chi connectivity index (χ3n) is 2.35. The fourth-order valence-corrected chi connectivity index (χ4v) is 1.67. The maximum Gasteiger partial charge on any atom is 0.159 e. The molecule has 0 fully saturated rings. The van der Waals surface area contributed by atoms with Gasteiger partial charge in [-0.1, -0.05) is 0 Å². The van der Waals surface area contributed by atoms with Crippen molar-refractivity contribution in [2.75, 3.05) is 0 Å². The molecule has 4 heteroatoms. The summed E-state index contributed by atoms with van der Waals surface area (Å²) >= 11 is 0. The predicted molar refractivity (Wildman–Crippen MR) is 50.9 cm³/mol. The van der Waals surface area contributed by atoms with Crippen LogP contribution in [-0.2, 0) is 6.61 Å². The van der Waals surface area contributed by atoms with Crippen LogP contribution in [0.5, 0.6) is 0 Å². The van der Waals surface area contributed by atoms with Crippen LogP contribution in [0.2, 0.25) is 0 Å². The molecular formula is C10H8N2O2. The van der Waals surface area contributed by atoms with Crippen molar-refractivity contribution in [1.29, 1.82) is 0 Å². The van der Waals surface area contributed by atoms with Crippen molar-refractivity contribution in [3.63, 3.8) is 0 Å². The molecule has 3 rings (SSSR count). The molecule has 0 aliphatic rings. The molecule has 70 valence electrons. The van der Waals surface area contributed by atoms with Gasteiger partial charge in [0.05, 0.1) is 19.1 Å². The van der Waals surface area contributed by atoms with Crippen molar-refractivity contribution >= 4 is 16.5 Å². The van der Waals surface area contributed by atoms with Gasteiger partial charge < -0.3 is 9.52 Å². The summed E-state index contributed by atoms with van der Waals surface area (Å²) in [5.74, 6) is 0. The van der Waals surface area contributed by atoms with Crippen LogP contribution in [0.3, 0.4) is 0 Å². The number of nitrogens with zero attached hydrogens (tertiary/aromatic N) is 2. The molecule has 0 aliphatic carbocycles. The molecule has 4 nitrogen and oxygen atoms in total. The predicted octanol–water partition coefficient (Wildman–Crippen LogP) is 1.57. The molecule has 0 saturated carbocycles. The van der Waals surface area contributed by atoms with Gasteiger partial charge in [-0.25, -0.2) is 4.52 Å². The van der Waals surface area contributed by atoms with Gasteiger partial charge >= 0.3 is 0 Å². The molecule has 0 aliphatic heterocycles. The maximum absolute atomic E-state index is 9.13. The number of hydrogen-bond donors (Lipinski definition) is 1. The van der Waals surface area contributed by atoms with Gasteiger partial charge in [-0.05, 0) is 12.1 Å². The Morgan fingerprint density at radius 2 is 2.36 bits per heavy atom. The van der Waals surface area contributed by atoms with Crippen molar-refractivity contribution in [2.45, 2.75) is 6.61 Å². The van der Waals surface area contributed by atoms with E-state index in [1.54, 1.807) is 17.0 Å². The minimum Gasteiger partial charge on any atom is -0.462 e. The topological polar surface area (TPSA) is 50.7 Å². The van der Waals surface area contributed by atoms with E-state index in [4.69, 9.17) is 9.52 Å². The van der Waals surface area contributed by atoms with E-state index in [2.05, 4.69) is 5.10 Å². The van der Waals surface area contributed by atoms with Gasteiger partial charge in [-0.3, -0.25) is 0 Å². The first-order valence-corrected chi connectivity index (χ1v) is 4.33. The Morgan fingerprint density at radius 1 is 1.43 bits per heavy atom. The van der Waals surface area contributed by atoms with Gasteiger partial charge in [0.1, 0.15) is 5.52 Å². The van der Waals surface area contributed by atoms with Crippen molar-refractivity contribution in [3.05, 3.63) is 36.4 Å². The molecule has 0 amide bonds. The Hall–Kier alpha value is -1.81. The highest BCUT2D eigenvalue weighted by Gasteiger charge is 2.09. The van der Waals surface area contributed by atoms with Crippen molar-refractivity contribution in [3.8, 4) is 0 Å². The molecular weight excluding hydrogens is 180 g/mol. The SMILES string of the molecule is OCc1cnn2ccc3ccoc3c12. The van der Waals surface area contributed by atoms with E-state index in [9.17, 15) is 0 Å². The van der Waals surface area contributed by atoms with E-state index in [-0.39, 0.29) is 6.61 Å². The summed E-state index contributed by atoms with van der Waals surface area (Å²) < 4.78 is 7.07. The molecule has 0 saturated heterocycles. The van der Waals surface area contributed by atoms with E-state index in [0.717, 1.165) is 22.0 Å². The lowest BCUT2D eigenvalue weighted by atomic mass is 10.2. The Balaban J connectivity index is 2.58. The lowest BCUT2D eigenvalue weighted by Gasteiger charge is -1.95. The Bertz CT molecular complexity index is 594. The number of aliphatic hydroxyl groups excluding tert-OH is 1. The summed E-state index contributed by atoms with van der Waals surface area (Å²) in [6, 6.07) is 3.82. The van der Waals surface area contributed by atoms with Crippen molar-refractivity contribution in [2.24, 2.45) is 0 Å². The number of fused-ring (bicyclic) bond motifs is 3. The second kappa shape index (κ2) is 2.59. The zero-order chi connectivity index (χ0) is 9.54. The van der Waals surface area contributed by atoms with E-state index in [0.29, 0.717) is 0 Å². The van der Waals surface area contributed by atoms with Crippen LogP contribution in [0.1, 0.15) is 5.56 Å². The summed E-state index contributed by atoms with van der Waals surface area (Å²) in [5, 5.41) is 14.3. The van der Waals surface area contributed by atoms with Gasteiger partial charge in [0, 0.05) is 17.1 Å². The van der Waals surface area contributed by atoms with Crippen LogP contribution in [0.4, 0.5) is 0 Å². The fourth-order valence-electron chi connectivity index (χ4n) is 1.67. The average molecular weight is 188 g/mol. The van der Waals surface area contributed by atoms with E-state index >= 15 is 0 Å². The number of furan rings is 1. The van der Waals surface area contributed by atoms with Gasteiger partial charge in [-0.15, -0.1) is 0 Å². The summed E-state index contributed by atoms with van der Waals surface area (Å²) in [4.78, 5) is 0. The summed E-state index contributed by atoms with van der Waals surface area (Å²) in [7, 11) is 0. The quantitative estimate of drug-likeness (QED) is 0.630. The number of rotatable bonds is 1. The zero-order valence-electron chi connectivity index (χ0n) is 7.34. The third kappa shape index (κ3) is 0.831. The van der Waals surface area contributed by atoms with E-state index in [1.807, 2.05) is 18.3 Å². The highest BCUT2D eigenvalue weighted by molar-refractivity contribution is 5.92. The van der Waals surface area contributed by atoms with Crippen LogP contribution < -0.4 is 0 Å². The monoisotopic (exact) mass is 188 g/mol. The molecule has 0 atom stereocenters. The molecule has 0 bridgehead atoms. The smallest absolute Gasteiger partial charge is 0.159 e. The van der Waals surface area contributed by atoms with Gasteiger partial charge in [0.2, 0.25) is 0 Å². The summed E-state index contributed by atoms with van der Waals surface area (Å²) in [5.41, 5.74) is 2.40. The number of hydrogen-bond acceptors (Lipinski definition) is 3. The zero-order valence-corrected chi connectivity index (χ0v) is 7.34. The Morgan fingerprint density at radius 3 is 3.21 bits per heavy atom. The molecule has 0 unspecified atom stereocenters. The number of aromatic nitrogens is 2. The number of pyridine rings is 1. The lowest BCUT2D eigenvalue weighted by Crippen LogP contribution is -1.86. The van der Waals surface area contributed by atoms with Crippen LogP contribution >= 0.6 is 0 Å². The minimum absolute atomic E-state index is 0.0245. The van der Waals surface area contributed by atoms with E-state index in [1.165, 1.54) is 0 Å². The molecule has 3 heterocycles. The molecule has 3 aromatic rings. The van der Waals surface area contributed by atoms with Crippen LogP contribution in [0, 0.1) is 0 Å². The Labute approximate surface area is 79.4 Å². The van der Waals surface area contributed by atoms with Gasteiger partial charge in [0.25, 0.3) is 0 Å². The second-order valence-corrected chi connectivity index (χ2v) is 3.14. The molecule has 0 radical (unpaired) electrons. The third-order valence-corrected chi connectivity index (χ3v) is 2.35. The maximum atomic E-state index is 9.13. The van der Waals surface area contributed by atoms with E-state index < -0.39 is 0 Å². The molecule has 1 N–H and O–H groups in total. The lowest BCUT2D eigenvalue weighted by molar-refractivity contribution is 0.283. The first kappa shape index (κ1) is 7.58. The standard InChI is InChI=1S/C10H8N2O2/c13-6-8-5-11-12-3-1-7-2-4-14-10(7)9(8)12/h1-5,13H,6H2. The summed E-state index contributed by atoms with van der Waals surface area (Å²) in [6.45, 7) is -0.0245. The number of aliphatic hydroxyl groups is 1. The highest BCUT2D eigenvalue weighted by atomic mass is 16.3. The largest absolute Gasteiger partial charge is 0.462 e. The molecule has 3 aromatic heterocycles. The molecule has 0 aromatic carbocycles. The first-order valence-electron chi connectivity index (χ1n) is 4.33. The minimum atomic E-state index is -0.0245.